The van der Waals surface area contributed by atoms with E-state index in [1.165, 1.54) is 5.56 Å². The molecular formula is C23H25N5O. The van der Waals surface area contributed by atoms with E-state index in [-0.39, 0.29) is 5.69 Å². The fraction of sp³-hybridized carbons (Fsp3) is 0.304. The summed E-state index contributed by atoms with van der Waals surface area (Å²) in [5, 5.41) is 3.46. The predicted octanol–water partition coefficient (Wildman–Crippen LogP) is 3.25. The Bertz CT molecular complexity index is 1270. The topological polar surface area (TPSA) is 56.8 Å². The van der Waals surface area contributed by atoms with Crippen molar-refractivity contribution in [2.75, 3.05) is 13.1 Å². The van der Waals surface area contributed by atoms with Crippen LogP contribution in [0, 0.1) is 6.92 Å². The van der Waals surface area contributed by atoms with Gasteiger partial charge < -0.3 is 9.88 Å². The Morgan fingerprint density at radius 1 is 1.03 bits per heavy atom. The van der Waals surface area contributed by atoms with Crippen LogP contribution in [-0.4, -0.2) is 31.8 Å². The molecule has 0 radical (unpaired) electrons. The molecule has 29 heavy (non-hydrogen) atoms. The molecule has 0 aliphatic carbocycles. The zero-order chi connectivity index (χ0) is 20.1. The molecule has 0 amide bonds. The molecule has 5 rings (SSSR count). The van der Waals surface area contributed by atoms with Gasteiger partial charge in [-0.15, -0.1) is 0 Å². The molecule has 1 saturated heterocycles. The zero-order valence-corrected chi connectivity index (χ0v) is 17.0. The van der Waals surface area contributed by atoms with Crippen LogP contribution in [0.15, 0.2) is 53.6 Å². The molecule has 2 aromatic heterocycles. The van der Waals surface area contributed by atoms with Crippen LogP contribution in [0.25, 0.3) is 33.5 Å². The summed E-state index contributed by atoms with van der Waals surface area (Å²) >= 11 is 0. The van der Waals surface area contributed by atoms with Crippen LogP contribution in [0.3, 0.4) is 0 Å². The van der Waals surface area contributed by atoms with Gasteiger partial charge in [-0.05, 0) is 38.1 Å². The maximum Gasteiger partial charge on any atom is 0.328 e. The highest BCUT2D eigenvalue weighted by Gasteiger charge is 2.24. The molecule has 148 valence electrons. The number of imidazole rings is 2. The minimum atomic E-state index is -0.00967. The molecule has 6 heteroatoms. The molecule has 1 atom stereocenters. The lowest BCUT2D eigenvalue weighted by Gasteiger charge is -2.16. The maximum absolute atomic E-state index is 12.4. The van der Waals surface area contributed by atoms with Gasteiger partial charge in [0.1, 0.15) is 0 Å². The van der Waals surface area contributed by atoms with Crippen molar-refractivity contribution in [3.8, 4) is 22.5 Å². The van der Waals surface area contributed by atoms with E-state index < -0.39 is 0 Å². The van der Waals surface area contributed by atoms with Crippen LogP contribution >= 0.6 is 0 Å². The summed E-state index contributed by atoms with van der Waals surface area (Å²) in [6.07, 6.45) is 3.06. The number of hydrogen-bond acceptors (Lipinski definition) is 3. The number of rotatable bonds is 3. The smallest absolute Gasteiger partial charge is 0.326 e. The van der Waals surface area contributed by atoms with Crippen molar-refractivity contribution < 1.29 is 0 Å². The first-order valence-electron chi connectivity index (χ1n) is 10.0. The van der Waals surface area contributed by atoms with Crippen molar-refractivity contribution in [1.82, 2.24) is 24.0 Å². The average Bonchev–Trinajstić information content (AvgIpc) is 3.44. The summed E-state index contributed by atoms with van der Waals surface area (Å²) in [5.41, 5.74) is 7.38. The number of benzene rings is 2. The molecule has 1 aliphatic rings. The number of nitrogens with one attached hydrogen (secondary N) is 1. The highest BCUT2D eigenvalue weighted by molar-refractivity contribution is 5.86. The highest BCUT2D eigenvalue weighted by atomic mass is 16.1. The number of aromatic nitrogens is 4. The second-order valence-electron chi connectivity index (χ2n) is 7.97. The summed E-state index contributed by atoms with van der Waals surface area (Å²) in [6.45, 7) is 4.07. The molecule has 3 heterocycles. The van der Waals surface area contributed by atoms with Gasteiger partial charge in [-0.3, -0.25) is 9.13 Å². The summed E-state index contributed by atoms with van der Waals surface area (Å²) in [6, 6.07) is 15.1. The van der Waals surface area contributed by atoms with Crippen molar-refractivity contribution in [2.45, 2.75) is 19.4 Å². The van der Waals surface area contributed by atoms with Crippen LogP contribution < -0.4 is 11.0 Å². The third-order valence-electron chi connectivity index (χ3n) is 6.06. The van der Waals surface area contributed by atoms with Crippen molar-refractivity contribution in [2.24, 2.45) is 14.1 Å². The van der Waals surface area contributed by atoms with Gasteiger partial charge in [0.2, 0.25) is 0 Å². The number of hydrogen-bond donors (Lipinski definition) is 1. The first kappa shape index (κ1) is 17.9. The fourth-order valence-corrected chi connectivity index (χ4v) is 4.46. The minimum Gasteiger partial charge on any atom is -0.326 e. The summed E-state index contributed by atoms with van der Waals surface area (Å²) in [5.74, 6) is 0. The molecule has 0 saturated carbocycles. The van der Waals surface area contributed by atoms with Crippen LogP contribution in [0.2, 0.25) is 0 Å². The van der Waals surface area contributed by atoms with Gasteiger partial charge >= 0.3 is 5.69 Å². The normalized spacial score (nSPS) is 16.7. The molecule has 6 nitrogen and oxygen atoms in total. The Morgan fingerprint density at radius 3 is 2.62 bits per heavy atom. The van der Waals surface area contributed by atoms with Crippen LogP contribution in [0.1, 0.15) is 18.0 Å². The number of aryl methyl sites for hydroxylation is 3. The standard InChI is InChI=1S/C23H25N5O/c1-15-5-4-6-16(11-15)21-22(28(14-25-21)18-9-10-24-13-18)17-7-8-19-20(12-17)27(3)23(29)26(19)2/h4-8,11-12,14,18,24H,9-10,13H2,1-3H3. The van der Waals surface area contributed by atoms with E-state index in [4.69, 9.17) is 4.98 Å². The van der Waals surface area contributed by atoms with Gasteiger partial charge in [-0.2, -0.15) is 0 Å². The first-order valence-corrected chi connectivity index (χ1v) is 10.0. The van der Waals surface area contributed by atoms with Gasteiger partial charge in [0.15, 0.2) is 0 Å². The van der Waals surface area contributed by atoms with E-state index >= 15 is 0 Å². The number of nitrogens with zero attached hydrogens (tertiary/aromatic N) is 4. The summed E-state index contributed by atoms with van der Waals surface area (Å²) < 4.78 is 5.71. The largest absolute Gasteiger partial charge is 0.328 e. The minimum absolute atomic E-state index is 0.00967. The molecule has 4 aromatic rings. The van der Waals surface area contributed by atoms with Crippen molar-refractivity contribution in [1.29, 1.82) is 0 Å². The van der Waals surface area contributed by atoms with E-state index in [1.807, 2.05) is 26.5 Å². The Kier molecular flexibility index (Phi) is 4.17. The molecule has 1 N–H and O–H groups in total. The quantitative estimate of drug-likeness (QED) is 0.587. The van der Waals surface area contributed by atoms with E-state index in [0.29, 0.717) is 6.04 Å². The maximum atomic E-state index is 12.4. The van der Waals surface area contributed by atoms with E-state index in [1.54, 1.807) is 9.13 Å². The van der Waals surface area contributed by atoms with Crippen LogP contribution in [0.4, 0.5) is 0 Å². The van der Waals surface area contributed by atoms with E-state index in [2.05, 4.69) is 53.2 Å². The Hall–Kier alpha value is -3.12. The molecule has 1 unspecified atom stereocenters. The van der Waals surface area contributed by atoms with Gasteiger partial charge in [0.05, 0.1) is 28.7 Å². The summed E-state index contributed by atoms with van der Waals surface area (Å²) in [4.78, 5) is 17.2. The third-order valence-corrected chi connectivity index (χ3v) is 6.06. The Balaban J connectivity index is 1.76. The first-order chi connectivity index (χ1) is 14.0. The Morgan fingerprint density at radius 2 is 1.86 bits per heavy atom. The molecule has 1 aliphatic heterocycles. The Labute approximate surface area is 169 Å². The molecule has 2 aromatic carbocycles. The molecule has 0 bridgehead atoms. The van der Waals surface area contributed by atoms with Crippen molar-refractivity contribution >= 4 is 11.0 Å². The van der Waals surface area contributed by atoms with Gasteiger partial charge in [0, 0.05) is 37.8 Å². The van der Waals surface area contributed by atoms with Crippen molar-refractivity contribution in [3.63, 3.8) is 0 Å². The number of fused-ring (bicyclic) bond motifs is 1. The average molecular weight is 387 g/mol. The second-order valence-corrected chi connectivity index (χ2v) is 7.97. The van der Waals surface area contributed by atoms with Crippen LogP contribution in [0.5, 0.6) is 0 Å². The monoisotopic (exact) mass is 387 g/mol. The van der Waals surface area contributed by atoms with E-state index in [0.717, 1.165) is 53.1 Å². The SMILES string of the molecule is Cc1cccc(-c2ncn(C3CCNC3)c2-c2ccc3c(c2)n(C)c(=O)n3C)c1. The second kappa shape index (κ2) is 6.74. The van der Waals surface area contributed by atoms with Gasteiger partial charge in [0.25, 0.3) is 0 Å². The summed E-state index contributed by atoms with van der Waals surface area (Å²) in [7, 11) is 3.64. The van der Waals surface area contributed by atoms with Crippen LogP contribution in [-0.2, 0) is 14.1 Å². The molecule has 1 fully saturated rings. The molecule has 0 spiro atoms. The predicted molar refractivity (Wildman–Crippen MR) is 116 cm³/mol. The van der Waals surface area contributed by atoms with E-state index in [9.17, 15) is 4.79 Å². The fourth-order valence-electron chi connectivity index (χ4n) is 4.46. The lowest BCUT2D eigenvalue weighted by atomic mass is 10.0. The lowest BCUT2D eigenvalue weighted by molar-refractivity contribution is 0.551. The lowest BCUT2D eigenvalue weighted by Crippen LogP contribution is -2.19. The van der Waals surface area contributed by atoms with Crippen molar-refractivity contribution in [3.05, 3.63) is 64.8 Å². The third kappa shape index (κ3) is 2.83. The van der Waals surface area contributed by atoms with Gasteiger partial charge in [-0.1, -0.05) is 29.8 Å². The zero-order valence-electron chi connectivity index (χ0n) is 17.0. The molecular weight excluding hydrogens is 362 g/mol. The van der Waals surface area contributed by atoms with Gasteiger partial charge in [-0.25, -0.2) is 9.78 Å². The highest BCUT2D eigenvalue weighted by Crippen LogP contribution is 2.36.